The Balaban J connectivity index is 1.87. The number of hydrogen-bond donors (Lipinski definition) is 2. The van der Waals surface area contributed by atoms with Gasteiger partial charge in [0.15, 0.2) is 4.96 Å². The average molecular weight is 295 g/mol. The van der Waals surface area contributed by atoms with Crippen molar-refractivity contribution in [3.05, 3.63) is 23.0 Å². The molecule has 7 heteroatoms. The summed E-state index contributed by atoms with van der Waals surface area (Å²) in [4.78, 5) is 27.7. The number of aryl methyl sites for hydroxylation is 1. The summed E-state index contributed by atoms with van der Waals surface area (Å²) in [7, 11) is 0. The summed E-state index contributed by atoms with van der Waals surface area (Å²) in [5, 5.41) is 13.4. The number of aliphatic carboxylic acids is 1. The summed E-state index contributed by atoms with van der Waals surface area (Å²) >= 11 is 1.50. The number of nitrogens with zero attached hydrogens (tertiary/aromatic N) is 2. The van der Waals surface area contributed by atoms with Crippen molar-refractivity contribution in [2.45, 2.75) is 26.7 Å². The van der Waals surface area contributed by atoms with Crippen LogP contribution < -0.4 is 5.32 Å². The Labute approximate surface area is 120 Å². The number of thiazole rings is 1. The molecular formula is C13H17N3O3S. The fourth-order valence-corrected chi connectivity index (χ4v) is 2.77. The molecule has 0 radical (unpaired) electrons. The third-order valence-corrected chi connectivity index (χ3v) is 3.96. The highest BCUT2D eigenvalue weighted by Gasteiger charge is 2.13. The van der Waals surface area contributed by atoms with Crippen LogP contribution in [-0.4, -0.2) is 32.9 Å². The predicted molar refractivity (Wildman–Crippen MR) is 75.9 cm³/mol. The average Bonchev–Trinajstić information content (AvgIpc) is 2.90. The van der Waals surface area contributed by atoms with Crippen LogP contribution in [0.5, 0.6) is 0 Å². The van der Waals surface area contributed by atoms with E-state index in [0.717, 1.165) is 16.3 Å². The van der Waals surface area contributed by atoms with Gasteiger partial charge in [0.2, 0.25) is 5.91 Å². The molecule has 2 rings (SSSR count). The van der Waals surface area contributed by atoms with Crippen molar-refractivity contribution in [1.29, 1.82) is 0 Å². The van der Waals surface area contributed by atoms with Crippen molar-refractivity contribution in [2.24, 2.45) is 5.92 Å². The minimum atomic E-state index is -0.840. The molecule has 0 aliphatic carbocycles. The number of hydrogen-bond acceptors (Lipinski definition) is 4. The number of carbonyl (C=O) groups excluding carboxylic acids is 1. The molecule has 2 heterocycles. The zero-order chi connectivity index (χ0) is 14.7. The van der Waals surface area contributed by atoms with Gasteiger partial charge in [0.1, 0.15) is 0 Å². The summed E-state index contributed by atoms with van der Waals surface area (Å²) < 4.78 is 1.92. The molecule has 0 spiro atoms. The molecule has 20 heavy (non-hydrogen) atoms. The molecule has 0 aliphatic rings. The second-order valence-corrected chi connectivity index (χ2v) is 5.65. The fourth-order valence-electron chi connectivity index (χ4n) is 1.85. The van der Waals surface area contributed by atoms with Crippen molar-refractivity contribution in [2.75, 3.05) is 6.54 Å². The molecule has 0 aromatic carbocycles. The van der Waals surface area contributed by atoms with Crippen LogP contribution in [0.25, 0.3) is 4.96 Å². The third kappa shape index (κ3) is 3.36. The van der Waals surface area contributed by atoms with E-state index in [4.69, 9.17) is 5.11 Å². The summed E-state index contributed by atoms with van der Waals surface area (Å²) in [6.45, 7) is 3.92. The van der Waals surface area contributed by atoms with Gasteiger partial charge in [0.05, 0.1) is 18.0 Å². The standard InChI is InChI=1S/C13H17N3O3S/c1-8(12(18)19)3-4-14-11(17)5-10-7-20-13-15-9(2)6-16(10)13/h6-8H,3-5H2,1-2H3,(H,14,17)(H,18,19). The van der Waals surface area contributed by atoms with Crippen LogP contribution in [0.1, 0.15) is 24.7 Å². The van der Waals surface area contributed by atoms with Gasteiger partial charge in [-0.1, -0.05) is 6.92 Å². The van der Waals surface area contributed by atoms with Gasteiger partial charge < -0.3 is 10.4 Å². The number of carboxylic acids is 1. The highest BCUT2D eigenvalue weighted by Crippen LogP contribution is 2.16. The monoisotopic (exact) mass is 295 g/mol. The second-order valence-electron chi connectivity index (χ2n) is 4.82. The molecule has 1 unspecified atom stereocenters. The minimum absolute atomic E-state index is 0.103. The van der Waals surface area contributed by atoms with Gasteiger partial charge >= 0.3 is 5.97 Å². The quantitative estimate of drug-likeness (QED) is 0.845. The van der Waals surface area contributed by atoms with Gasteiger partial charge in [0, 0.05) is 23.8 Å². The van der Waals surface area contributed by atoms with Gasteiger partial charge in [0.25, 0.3) is 0 Å². The van der Waals surface area contributed by atoms with Crippen LogP contribution in [0.4, 0.5) is 0 Å². The Morgan fingerprint density at radius 3 is 3.00 bits per heavy atom. The van der Waals surface area contributed by atoms with Crippen LogP contribution in [0.15, 0.2) is 11.6 Å². The topological polar surface area (TPSA) is 83.7 Å². The molecule has 2 aromatic rings. The van der Waals surface area contributed by atoms with Gasteiger partial charge in [-0.25, -0.2) is 4.98 Å². The van der Waals surface area contributed by atoms with E-state index in [1.807, 2.05) is 22.9 Å². The smallest absolute Gasteiger partial charge is 0.306 e. The lowest BCUT2D eigenvalue weighted by Gasteiger charge is -2.07. The molecule has 2 aromatic heterocycles. The maximum atomic E-state index is 11.8. The van der Waals surface area contributed by atoms with Crippen LogP contribution in [0.3, 0.4) is 0 Å². The summed E-state index contributed by atoms with van der Waals surface area (Å²) in [6, 6.07) is 0. The third-order valence-electron chi connectivity index (χ3n) is 3.07. The summed E-state index contributed by atoms with van der Waals surface area (Å²) in [5.74, 6) is -1.39. The van der Waals surface area contributed by atoms with E-state index in [1.54, 1.807) is 6.92 Å². The number of nitrogens with one attached hydrogen (secondary N) is 1. The van der Waals surface area contributed by atoms with Crippen molar-refractivity contribution >= 4 is 28.2 Å². The number of rotatable bonds is 6. The normalized spacial score (nSPS) is 12.5. The molecule has 1 atom stereocenters. The molecule has 6 nitrogen and oxygen atoms in total. The first-order chi connectivity index (χ1) is 9.47. The van der Waals surface area contributed by atoms with Crippen molar-refractivity contribution in [3.63, 3.8) is 0 Å². The Kier molecular flexibility index (Phi) is 4.39. The summed E-state index contributed by atoms with van der Waals surface area (Å²) in [6.07, 6.45) is 2.61. The Bertz CT molecular complexity index is 632. The zero-order valence-corrected chi connectivity index (χ0v) is 12.2. The van der Waals surface area contributed by atoms with Crippen molar-refractivity contribution < 1.29 is 14.7 Å². The number of carbonyl (C=O) groups is 2. The number of imidazole rings is 1. The Hall–Kier alpha value is -1.89. The molecule has 0 aliphatic heterocycles. The minimum Gasteiger partial charge on any atom is -0.481 e. The van der Waals surface area contributed by atoms with E-state index < -0.39 is 11.9 Å². The van der Waals surface area contributed by atoms with E-state index in [2.05, 4.69) is 10.3 Å². The van der Waals surface area contributed by atoms with Crippen LogP contribution in [0, 0.1) is 12.8 Å². The first-order valence-corrected chi connectivity index (χ1v) is 7.27. The maximum Gasteiger partial charge on any atom is 0.306 e. The van der Waals surface area contributed by atoms with Crippen LogP contribution in [0.2, 0.25) is 0 Å². The largest absolute Gasteiger partial charge is 0.481 e. The number of aromatic nitrogens is 2. The van der Waals surface area contributed by atoms with Gasteiger partial charge in [-0.2, -0.15) is 0 Å². The molecule has 0 fully saturated rings. The lowest BCUT2D eigenvalue weighted by atomic mass is 10.1. The van der Waals surface area contributed by atoms with Crippen LogP contribution >= 0.6 is 11.3 Å². The maximum absolute atomic E-state index is 11.8. The van der Waals surface area contributed by atoms with E-state index >= 15 is 0 Å². The van der Waals surface area contributed by atoms with Gasteiger partial charge in [-0.3, -0.25) is 14.0 Å². The van der Waals surface area contributed by atoms with E-state index in [0.29, 0.717) is 13.0 Å². The molecule has 0 saturated heterocycles. The molecule has 0 bridgehead atoms. The number of amides is 1. The first kappa shape index (κ1) is 14.5. The molecule has 108 valence electrons. The first-order valence-electron chi connectivity index (χ1n) is 6.39. The fraction of sp³-hybridized carbons (Fsp3) is 0.462. The van der Waals surface area contributed by atoms with Crippen molar-refractivity contribution in [3.8, 4) is 0 Å². The Morgan fingerprint density at radius 1 is 1.55 bits per heavy atom. The highest BCUT2D eigenvalue weighted by molar-refractivity contribution is 7.15. The van der Waals surface area contributed by atoms with E-state index in [1.165, 1.54) is 11.3 Å². The van der Waals surface area contributed by atoms with Crippen LogP contribution in [-0.2, 0) is 16.0 Å². The zero-order valence-electron chi connectivity index (χ0n) is 11.4. The lowest BCUT2D eigenvalue weighted by molar-refractivity contribution is -0.141. The van der Waals surface area contributed by atoms with E-state index in [-0.39, 0.29) is 12.3 Å². The lowest BCUT2D eigenvalue weighted by Crippen LogP contribution is -2.28. The Morgan fingerprint density at radius 2 is 2.30 bits per heavy atom. The molecule has 2 N–H and O–H groups in total. The number of fused-ring (bicyclic) bond motifs is 1. The molecular weight excluding hydrogens is 278 g/mol. The van der Waals surface area contributed by atoms with Gasteiger partial charge in [-0.15, -0.1) is 11.3 Å². The highest BCUT2D eigenvalue weighted by atomic mass is 32.1. The SMILES string of the molecule is Cc1cn2c(CC(=O)NCCC(C)C(=O)O)csc2n1. The predicted octanol–water partition coefficient (Wildman–Crippen LogP) is 1.47. The van der Waals surface area contributed by atoms with Crippen molar-refractivity contribution in [1.82, 2.24) is 14.7 Å². The summed E-state index contributed by atoms with van der Waals surface area (Å²) in [5.41, 5.74) is 1.82. The number of carboxylic acid groups (broad SMARTS) is 1. The van der Waals surface area contributed by atoms with E-state index in [9.17, 15) is 9.59 Å². The molecule has 0 saturated carbocycles. The van der Waals surface area contributed by atoms with Gasteiger partial charge in [-0.05, 0) is 13.3 Å². The second kappa shape index (κ2) is 6.04. The molecule has 1 amide bonds.